The fourth-order valence-electron chi connectivity index (χ4n) is 1.36. The van der Waals surface area contributed by atoms with Gasteiger partial charge in [-0.2, -0.15) is 0 Å². The largest absolute Gasteiger partial charge is 0.370 e. The average molecular weight is 271 g/mol. The molecule has 1 rings (SSSR count). The molecule has 0 aromatic carbocycles. The van der Waals surface area contributed by atoms with Crippen LogP contribution in [-0.4, -0.2) is 49.5 Å². The van der Waals surface area contributed by atoms with Crippen LogP contribution in [-0.2, 0) is 0 Å². The number of carbonyl (C=O) groups excluding carboxylic acids is 1. The van der Waals surface area contributed by atoms with Gasteiger partial charge < -0.3 is 15.5 Å². The van der Waals surface area contributed by atoms with Crippen LogP contribution < -0.4 is 10.6 Å². The van der Waals surface area contributed by atoms with Crippen molar-refractivity contribution in [2.24, 2.45) is 0 Å². The molecular weight excluding hydrogens is 252 g/mol. The maximum Gasteiger partial charge on any atom is 0.271 e. The number of hydrogen-bond donors (Lipinski definition) is 2. The van der Waals surface area contributed by atoms with Gasteiger partial charge in [0.15, 0.2) is 0 Å². The van der Waals surface area contributed by atoms with Gasteiger partial charge in [-0.05, 0) is 33.2 Å². The molecule has 0 spiro atoms. The van der Waals surface area contributed by atoms with Gasteiger partial charge in [0, 0.05) is 19.6 Å². The number of carbonyl (C=O) groups is 1. The van der Waals surface area contributed by atoms with E-state index in [1.54, 1.807) is 12.1 Å². The summed E-state index contributed by atoms with van der Waals surface area (Å²) in [5.74, 6) is 0.404. The van der Waals surface area contributed by atoms with Crippen LogP contribution in [0.2, 0.25) is 5.02 Å². The fraction of sp³-hybridized carbons (Fsp3) is 0.500. The molecule has 0 atom stereocenters. The zero-order valence-corrected chi connectivity index (χ0v) is 11.7. The number of pyridine rings is 1. The van der Waals surface area contributed by atoms with Gasteiger partial charge in [-0.3, -0.25) is 4.79 Å². The molecule has 0 aliphatic carbocycles. The molecule has 1 aromatic heterocycles. The first-order valence-corrected chi connectivity index (χ1v) is 6.25. The Morgan fingerprint density at radius 1 is 1.44 bits per heavy atom. The van der Waals surface area contributed by atoms with E-state index in [1.807, 2.05) is 25.9 Å². The molecule has 0 aliphatic heterocycles. The zero-order chi connectivity index (χ0) is 13.5. The van der Waals surface area contributed by atoms with Gasteiger partial charge in [0.25, 0.3) is 5.91 Å². The Kier molecular flexibility index (Phi) is 5.88. The van der Waals surface area contributed by atoms with E-state index in [1.165, 1.54) is 0 Å². The van der Waals surface area contributed by atoms with Crippen LogP contribution in [0.15, 0.2) is 12.1 Å². The van der Waals surface area contributed by atoms with Crippen LogP contribution in [0.25, 0.3) is 0 Å². The average Bonchev–Trinajstić information content (AvgIpc) is 2.31. The smallest absolute Gasteiger partial charge is 0.271 e. The number of hydrogen-bond acceptors (Lipinski definition) is 4. The zero-order valence-electron chi connectivity index (χ0n) is 11.0. The highest BCUT2D eigenvalue weighted by Gasteiger charge is 2.12. The lowest BCUT2D eigenvalue weighted by Crippen LogP contribution is -2.32. The highest BCUT2D eigenvalue weighted by atomic mass is 35.5. The summed E-state index contributed by atoms with van der Waals surface area (Å²) in [6.07, 6.45) is 0. The second kappa shape index (κ2) is 7.18. The van der Waals surface area contributed by atoms with Crippen LogP contribution in [0.5, 0.6) is 0 Å². The maximum atomic E-state index is 11.9. The van der Waals surface area contributed by atoms with Crippen LogP contribution in [0.4, 0.5) is 5.82 Å². The third-order valence-corrected chi connectivity index (χ3v) is 2.57. The van der Waals surface area contributed by atoms with Gasteiger partial charge in [0.1, 0.15) is 11.5 Å². The molecule has 6 heteroatoms. The molecule has 2 N–H and O–H groups in total. The summed E-state index contributed by atoms with van der Waals surface area (Å²) < 4.78 is 0. The van der Waals surface area contributed by atoms with E-state index in [0.29, 0.717) is 17.4 Å². The van der Waals surface area contributed by atoms with Gasteiger partial charge in [-0.15, -0.1) is 0 Å². The molecule has 1 heterocycles. The summed E-state index contributed by atoms with van der Waals surface area (Å²) in [5, 5.41) is 6.19. The molecule has 0 aliphatic rings. The van der Waals surface area contributed by atoms with Crippen molar-refractivity contribution in [2.75, 3.05) is 39.0 Å². The molecule has 0 fully saturated rings. The number of halogens is 1. The van der Waals surface area contributed by atoms with E-state index < -0.39 is 0 Å². The first-order valence-electron chi connectivity index (χ1n) is 5.88. The Labute approximate surface area is 113 Å². The van der Waals surface area contributed by atoms with Crippen molar-refractivity contribution in [3.8, 4) is 0 Å². The molecule has 0 bridgehead atoms. The number of likely N-dealkylation sites (N-methyl/N-ethyl adjacent to an activating group) is 1. The molecule has 1 amide bonds. The topological polar surface area (TPSA) is 57.3 Å². The van der Waals surface area contributed by atoms with Crippen LogP contribution >= 0.6 is 11.6 Å². The lowest BCUT2D eigenvalue weighted by atomic mass is 10.3. The maximum absolute atomic E-state index is 11.9. The molecule has 100 valence electrons. The van der Waals surface area contributed by atoms with Crippen LogP contribution in [0, 0.1) is 0 Å². The Bertz CT molecular complexity index is 409. The lowest BCUT2D eigenvalue weighted by Gasteiger charge is -2.11. The molecule has 0 unspecified atom stereocenters. The summed E-state index contributed by atoms with van der Waals surface area (Å²) >= 11 is 5.97. The molecule has 1 aromatic rings. The van der Waals surface area contributed by atoms with Crippen molar-refractivity contribution in [2.45, 2.75) is 6.92 Å². The highest BCUT2D eigenvalue weighted by Crippen LogP contribution is 2.16. The second-order valence-corrected chi connectivity index (χ2v) is 4.52. The van der Waals surface area contributed by atoms with Crippen molar-refractivity contribution in [1.29, 1.82) is 0 Å². The first-order chi connectivity index (χ1) is 8.54. The Morgan fingerprint density at radius 3 is 2.78 bits per heavy atom. The predicted octanol–water partition coefficient (Wildman–Crippen LogP) is 1.46. The predicted molar refractivity (Wildman–Crippen MR) is 74.3 cm³/mol. The Hall–Kier alpha value is -1.33. The monoisotopic (exact) mass is 270 g/mol. The molecular formula is C12H19ClN4O. The Morgan fingerprint density at radius 2 is 2.17 bits per heavy atom. The van der Waals surface area contributed by atoms with Gasteiger partial charge in [-0.1, -0.05) is 11.6 Å². The summed E-state index contributed by atoms with van der Waals surface area (Å²) in [5.41, 5.74) is 0.258. The second-order valence-electron chi connectivity index (χ2n) is 4.12. The third-order valence-electron chi connectivity index (χ3n) is 2.26. The third kappa shape index (κ3) is 4.50. The summed E-state index contributed by atoms with van der Waals surface area (Å²) in [4.78, 5) is 18.1. The van der Waals surface area contributed by atoms with Crippen LogP contribution in [0.3, 0.4) is 0 Å². The number of aromatic nitrogens is 1. The number of nitrogens with one attached hydrogen (secondary N) is 2. The minimum Gasteiger partial charge on any atom is -0.370 e. The summed E-state index contributed by atoms with van der Waals surface area (Å²) in [6, 6.07) is 3.43. The number of nitrogens with zero attached hydrogens (tertiary/aromatic N) is 2. The Balaban J connectivity index is 2.68. The number of anilines is 1. The minimum atomic E-state index is -0.249. The van der Waals surface area contributed by atoms with E-state index in [4.69, 9.17) is 11.6 Å². The van der Waals surface area contributed by atoms with Gasteiger partial charge in [0.2, 0.25) is 0 Å². The normalized spacial score (nSPS) is 10.5. The highest BCUT2D eigenvalue weighted by molar-refractivity contribution is 6.33. The van der Waals surface area contributed by atoms with Crippen molar-refractivity contribution >= 4 is 23.3 Å². The number of amides is 1. The molecule has 5 nitrogen and oxygen atoms in total. The molecule has 0 saturated heterocycles. The van der Waals surface area contributed by atoms with Crippen LogP contribution in [0.1, 0.15) is 17.4 Å². The summed E-state index contributed by atoms with van der Waals surface area (Å²) in [6.45, 7) is 4.05. The van der Waals surface area contributed by atoms with Gasteiger partial charge in [0.05, 0.1) is 5.02 Å². The van der Waals surface area contributed by atoms with Crippen molar-refractivity contribution in [3.63, 3.8) is 0 Å². The standard InChI is InChI=1S/C12H19ClN4O/c1-4-14-10-6-5-9(13)11(16-10)12(18)15-7-8-17(2)3/h5-6H,4,7-8H2,1-3H3,(H,14,16)(H,15,18). The van der Waals surface area contributed by atoms with Gasteiger partial charge in [-0.25, -0.2) is 4.98 Å². The van der Waals surface area contributed by atoms with E-state index in [9.17, 15) is 4.79 Å². The minimum absolute atomic E-state index is 0.249. The van der Waals surface area contributed by atoms with Gasteiger partial charge >= 0.3 is 0 Å². The molecule has 0 radical (unpaired) electrons. The summed E-state index contributed by atoms with van der Waals surface area (Å²) in [7, 11) is 3.90. The van der Waals surface area contributed by atoms with E-state index in [-0.39, 0.29) is 11.6 Å². The molecule has 18 heavy (non-hydrogen) atoms. The van der Waals surface area contributed by atoms with E-state index in [2.05, 4.69) is 15.6 Å². The van der Waals surface area contributed by atoms with Crippen molar-refractivity contribution in [1.82, 2.24) is 15.2 Å². The van der Waals surface area contributed by atoms with Crippen molar-refractivity contribution < 1.29 is 4.79 Å². The SMILES string of the molecule is CCNc1ccc(Cl)c(C(=O)NCCN(C)C)n1. The quantitative estimate of drug-likeness (QED) is 0.822. The van der Waals surface area contributed by atoms with Crippen molar-refractivity contribution in [3.05, 3.63) is 22.8 Å². The fourth-order valence-corrected chi connectivity index (χ4v) is 1.55. The van der Waals surface area contributed by atoms with E-state index >= 15 is 0 Å². The number of rotatable bonds is 6. The van der Waals surface area contributed by atoms with E-state index in [0.717, 1.165) is 13.1 Å². The first kappa shape index (κ1) is 14.7. The lowest BCUT2D eigenvalue weighted by molar-refractivity contribution is 0.0946. The molecule has 0 saturated carbocycles.